The summed E-state index contributed by atoms with van der Waals surface area (Å²) >= 11 is 3.55. The normalized spacial score (nSPS) is 14.9. The maximum atomic E-state index is 13.7. The topological polar surface area (TPSA) is 54.4 Å². The number of Topliss-reactive ketones (excluding diaryl/α,β-unsaturated/α-hetero) is 2. The number of ketones is 2. The van der Waals surface area contributed by atoms with Gasteiger partial charge in [0.2, 0.25) is 11.6 Å². The van der Waals surface area contributed by atoms with Crippen molar-refractivity contribution in [2.75, 3.05) is 18.5 Å². The second-order valence-electron chi connectivity index (χ2n) is 9.37. The van der Waals surface area contributed by atoms with Gasteiger partial charge in [-0.3, -0.25) is 9.59 Å². The van der Waals surface area contributed by atoms with Gasteiger partial charge in [-0.05, 0) is 37.0 Å². The molecule has 3 nitrogen and oxygen atoms in total. The van der Waals surface area contributed by atoms with Crippen LogP contribution >= 0.6 is 23.2 Å². The van der Waals surface area contributed by atoms with Gasteiger partial charge in [0.1, 0.15) is 11.4 Å². The number of aliphatic hydroxyl groups is 1. The quantitative estimate of drug-likeness (QED) is 0.215. The molecule has 0 radical (unpaired) electrons. The third-order valence-corrected chi connectivity index (χ3v) is 12.8. The van der Waals surface area contributed by atoms with E-state index in [0.717, 1.165) is 67.0 Å². The lowest BCUT2D eigenvalue weighted by Gasteiger charge is -2.37. The molecule has 3 rings (SSSR count). The van der Waals surface area contributed by atoms with Crippen LogP contribution in [0.5, 0.6) is 0 Å². The number of carbonyl (C=O) groups excluding carboxylic acids is 2. The number of rotatable bonds is 12. The van der Waals surface area contributed by atoms with Crippen LogP contribution in [-0.2, 0) is 4.79 Å². The van der Waals surface area contributed by atoms with Crippen LogP contribution < -0.4 is 0 Å². The summed E-state index contributed by atoms with van der Waals surface area (Å²) in [5, 5.41) is 11.6. The Hall–Kier alpha value is -1.77. The molecule has 182 valence electrons. The summed E-state index contributed by atoms with van der Waals surface area (Å²) in [6.45, 7) is 6.64. The molecule has 1 aliphatic rings. The number of benzene rings is 2. The predicted molar refractivity (Wildman–Crippen MR) is 148 cm³/mol. The maximum absolute atomic E-state index is 13.7. The molecular formula is C29H37BrO3P+. The Morgan fingerprint density at radius 1 is 0.765 bits per heavy atom. The lowest BCUT2D eigenvalue weighted by molar-refractivity contribution is -0.112. The molecule has 0 aliphatic heterocycles. The van der Waals surface area contributed by atoms with Crippen molar-refractivity contribution in [1.29, 1.82) is 0 Å². The molecule has 0 amide bonds. The molecule has 2 aromatic carbocycles. The monoisotopic (exact) mass is 543 g/mol. The Bertz CT molecular complexity index is 1020. The summed E-state index contributed by atoms with van der Waals surface area (Å²) in [4.78, 5) is 26.9. The molecule has 5 heteroatoms. The third-order valence-electron chi connectivity index (χ3n) is 7.01. The fourth-order valence-electron chi connectivity index (χ4n) is 5.18. The Balaban J connectivity index is 2.32. The predicted octanol–water partition coefficient (Wildman–Crippen LogP) is 8.64. The van der Waals surface area contributed by atoms with Crippen LogP contribution in [0.15, 0.2) is 58.6 Å². The number of allylic oxidation sites excluding steroid dienone is 1. The van der Waals surface area contributed by atoms with Crippen LogP contribution in [-0.4, -0.2) is 35.2 Å². The molecule has 0 fully saturated rings. The fraction of sp³-hybridized carbons (Fsp3) is 0.448. The van der Waals surface area contributed by atoms with Gasteiger partial charge in [0.05, 0.1) is 24.1 Å². The van der Waals surface area contributed by atoms with Gasteiger partial charge >= 0.3 is 0 Å². The van der Waals surface area contributed by atoms with Crippen LogP contribution in [0, 0.1) is 0 Å². The molecule has 0 saturated carbocycles. The first-order valence-corrected chi connectivity index (χ1v) is 15.8. The molecule has 1 aliphatic carbocycles. The first-order valence-electron chi connectivity index (χ1n) is 12.6. The SMILES string of the molecule is CCCC[P+](CCCC)(CCCC)C(C1=C(O)c2ccccc2C(=O)C1=O)c1ccc(Br)cc1. The summed E-state index contributed by atoms with van der Waals surface area (Å²) in [5.41, 5.74) is 1.95. The second-order valence-corrected chi connectivity index (χ2v) is 14.6. The van der Waals surface area contributed by atoms with Gasteiger partial charge in [0.25, 0.3) is 0 Å². The van der Waals surface area contributed by atoms with Crippen molar-refractivity contribution >= 4 is 40.5 Å². The minimum Gasteiger partial charge on any atom is -0.507 e. The summed E-state index contributed by atoms with van der Waals surface area (Å²) in [6.07, 6.45) is 9.79. The highest BCUT2D eigenvalue weighted by Gasteiger charge is 2.52. The number of hydrogen-bond acceptors (Lipinski definition) is 3. The zero-order valence-corrected chi connectivity index (χ0v) is 23.1. The van der Waals surface area contributed by atoms with E-state index in [-0.39, 0.29) is 11.4 Å². The van der Waals surface area contributed by atoms with Gasteiger partial charge in [0.15, 0.2) is 0 Å². The van der Waals surface area contributed by atoms with E-state index in [1.165, 1.54) is 0 Å². The Morgan fingerprint density at radius 2 is 1.26 bits per heavy atom. The molecule has 1 atom stereocenters. The van der Waals surface area contributed by atoms with Crippen LogP contribution in [0.2, 0.25) is 0 Å². The molecule has 2 aromatic rings. The number of aliphatic hydroxyl groups excluding tert-OH is 1. The standard InChI is InChI=1S/C29H36BrO3P/c1-4-7-18-34(19-8-5-2,20-9-6-3)29(21-14-16-22(30)17-15-21)25-26(31)23-12-10-11-13-24(23)27(32)28(25)33/h10-17,29H,4-9,18-20H2,1-3H3/p+1. The van der Waals surface area contributed by atoms with Gasteiger partial charge in [0, 0.05) is 22.9 Å². The summed E-state index contributed by atoms with van der Waals surface area (Å²) < 4.78 is 0.976. The molecule has 0 spiro atoms. The van der Waals surface area contributed by atoms with Crippen molar-refractivity contribution in [1.82, 2.24) is 0 Å². The Morgan fingerprint density at radius 3 is 1.76 bits per heavy atom. The highest BCUT2D eigenvalue weighted by atomic mass is 79.9. The summed E-state index contributed by atoms with van der Waals surface area (Å²) in [5.74, 6) is -1.02. The molecule has 0 aromatic heterocycles. The van der Waals surface area contributed by atoms with Gasteiger partial charge in [-0.2, -0.15) is 0 Å². The Kier molecular flexibility index (Phi) is 9.68. The number of carbonyl (C=O) groups is 2. The van der Waals surface area contributed by atoms with Gasteiger partial charge in [-0.1, -0.05) is 92.4 Å². The van der Waals surface area contributed by atoms with Crippen molar-refractivity contribution in [3.8, 4) is 0 Å². The first-order chi connectivity index (χ1) is 16.4. The van der Waals surface area contributed by atoms with E-state index in [9.17, 15) is 14.7 Å². The van der Waals surface area contributed by atoms with Crippen LogP contribution in [0.4, 0.5) is 0 Å². The van der Waals surface area contributed by atoms with Crippen LogP contribution in [0.25, 0.3) is 5.76 Å². The van der Waals surface area contributed by atoms with Crippen molar-refractivity contribution in [3.63, 3.8) is 0 Å². The van der Waals surface area contributed by atoms with Crippen molar-refractivity contribution in [2.45, 2.75) is 65.0 Å². The van der Waals surface area contributed by atoms with E-state index in [4.69, 9.17) is 0 Å². The minimum absolute atomic E-state index is 0.00184. The second kappa shape index (κ2) is 12.3. The van der Waals surface area contributed by atoms with Crippen molar-refractivity contribution < 1.29 is 14.7 Å². The molecule has 34 heavy (non-hydrogen) atoms. The smallest absolute Gasteiger partial charge is 0.237 e. The molecule has 0 bridgehead atoms. The highest BCUT2D eigenvalue weighted by Crippen LogP contribution is 2.74. The summed E-state index contributed by atoms with van der Waals surface area (Å²) in [7, 11) is -1.78. The summed E-state index contributed by atoms with van der Waals surface area (Å²) in [6, 6.07) is 15.1. The van der Waals surface area contributed by atoms with Gasteiger partial charge in [-0.25, -0.2) is 0 Å². The first kappa shape index (κ1) is 26.8. The van der Waals surface area contributed by atoms with Crippen LogP contribution in [0.3, 0.4) is 0 Å². The van der Waals surface area contributed by atoms with E-state index in [0.29, 0.717) is 16.7 Å². The van der Waals surface area contributed by atoms with Crippen molar-refractivity contribution in [3.05, 3.63) is 75.3 Å². The molecule has 0 saturated heterocycles. The van der Waals surface area contributed by atoms with E-state index in [1.54, 1.807) is 18.2 Å². The van der Waals surface area contributed by atoms with E-state index in [1.807, 2.05) is 18.2 Å². The molecule has 0 heterocycles. The maximum Gasteiger partial charge on any atom is 0.237 e. The zero-order chi connectivity index (χ0) is 24.7. The lowest BCUT2D eigenvalue weighted by Crippen LogP contribution is -2.30. The van der Waals surface area contributed by atoms with Gasteiger partial charge < -0.3 is 5.11 Å². The van der Waals surface area contributed by atoms with Crippen molar-refractivity contribution in [2.24, 2.45) is 0 Å². The van der Waals surface area contributed by atoms with Gasteiger partial charge in [-0.15, -0.1) is 0 Å². The van der Waals surface area contributed by atoms with Crippen LogP contribution in [0.1, 0.15) is 86.4 Å². The average molecular weight is 544 g/mol. The van der Waals surface area contributed by atoms with E-state index in [2.05, 4.69) is 48.8 Å². The molecule has 1 N–H and O–H groups in total. The number of halogens is 1. The molecule has 1 unspecified atom stereocenters. The highest BCUT2D eigenvalue weighted by molar-refractivity contribution is 9.10. The van der Waals surface area contributed by atoms with E-state index >= 15 is 0 Å². The fourth-order valence-corrected chi connectivity index (χ4v) is 11.3. The third kappa shape index (κ3) is 5.55. The minimum atomic E-state index is -1.78. The van der Waals surface area contributed by atoms with E-state index < -0.39 is 18.8 Å². The number of unbranched alkanes of at least 4 members (excludes halogenated alkanes) is 3. The molecular weight excluding hydrogens is 507 g/mol. The zero-order valence-electron chi connectivity index (χ0n) is 20.6. The lowest BCUT2D eigenvalue weighted by atomic mass is 9.85. The number of fused-ring (bicyclic) bond motifs is 1. The number of hydrogen-bond donors (Lipinski definition) is 1. The average Bonchev–Trinajstić information content (AvgIpc) is 2.86. The Labute approximate surface area is 213 Å². The largest absolute Gasteiger partial charge is 0.507 e.